The molecular formula is C9H16N2O2. The van der Waals surface area contributed by atoms with E-state index in [0.717, 1.165) is 39.1 Å². The van der Waals surface area contributed by atoms with Crippen LogP contribution in [-0.2, 0) is 9.53 Å². The van der Waals surface area contributed by atoms with Gasteiger partial charge in [0.1, 0.15) is 6.04 Å². The SMILES string of the molecule is O=C([C@H]1COCCN1)N1CCCC1. The maximum atomic E-state index is 11.8. The fourth-order valence-corrected chi connectivity index (χ4v) is 1.88. The van der Waals surface area contributed by atoms with Crippen LogP contribution in [-0.4, -0.2) is 49.7 Å². The Morgan fingerprint density at radius 2 is 2.15 bits per heavy atom. The number of carbonyl (C=O) groups is 1. The van der Waals surface area contributed by atoms with Crippen molar-refractivity contribution in [3.05, 3.63) is 0 Å². The molecule has 0 bridgehead atoms. The second-order valence-corrected chi connectivity index (χ2v) is 3.61. The first-order valence-corrected chi connectivity index (χ1v) is 4.98. The molecule has 0 saturated carbocycles. The fourth-order valence-electron chi connectivity index (χ4n) is 1.88. The van der Waals surface area contributed by atoms with Gasteiger partial charge in [-0.05, 0) is 12.8 Å². The molecule has 1 amide bonds. The highest BCUT2D eigenvalue weighted by Crippen LogP contribution is 2.09. The highest BCUT2D eigenvalue weighted by Gasteiger charge is 2.27. The molecule has 1 atom stereocenters. The van der Waals surface area contributed by atoms with Gasteiger partial charge in [-0.25, -0.2) is 0 Å². The van der Waals surface area contributed by atoms with Crippen LogP contribution in [0.4, 0.5) is 0 Å². The van der Waals surface area contributed by atoms with Gasteiger partial charge in [0.15, 0.2) is 0 Å². The van der Waals surface area contributed by atoms with Gasteiger partial charge >= 0.3 is 0 Å². The van der Waals surface area contributed by atoms with Crippen LogP contribution in [0.1, 0.15) is 12.8 Å². The van der Waals surface area contributed by atoms with Crippen molar-refractivity contribution in [3.8, 4) is 0 Å². The minimum atomic E-state index is -0.0909. The number of amides is 1. The number of nitrogens with one attached hydrogen (secondary N) is 1. The van der Waals surface area contributed by atoms with Crippen LogP contribution in [0.5, 0.6) is 0 Å². The van der Waals surface area contributed by atoms with E-state index in [1.165, 1.54) is 0 Å². The highest BCUT2D eigenvalue weighted by molar-refractivity contribution is 5.82. The molecule has 0 unspecified atom stereocenters. The summed E-state index contributed by atoms with van der Waals surface area (Å²) in [6, 6.07) is -0.0909. The van der Waals surface area contributed by atoms with Crippen LogP contribution in [0, 0.1) is 0 Å². The highest BCUT2D eigenvalue weighted by atomic mass is 16.5. The lowest BCUT2D eigenvalue weighted by atomic mass is 10.2. The topological polar surface area (TPSA) is 41.6 Å². The van der Waals surface area contributed by atoms with Crippen LogP contribution in [0.15, 0.2) is 0 Å². The van der Waals surface area contributed by atoms with Crippen molar-refractivity contribution < 1.29 is 9.53 Å². The molecule has 0 aromatic rings. The first-order chi connectivity index (χ1) is 6.38. The summed E-state index contributed by atoms with van der Waals surface area (Å²) >= 11 is 0. The number of hydrogen-bond donors (Lipinski definition) is 1. The van der Waals surface area contributed by atoms with Crippen molar-refractivity contribution in [2.75, 3.05) is 32.8 Å². The van der Waals surface area contributed by atoms with Gasteiger partial charge in [0, 0.05) is 19.6 Å². The zero-order valence-corrected chi connectivity index (χ0v) is 7.79. The molecule has 2 heterocycles. The van der Waals surface area contributed by atoms with Crippen molar-refractivity contribution in [1.29, 1.82) is 0 Å². The van der Waals surface area contributed by atoms with Crippen molar-refractivity contribution in [2.45, 2.75) is 18.9 Å². The van der Waals surface area contributed by atoms with E-state index in [1.54, 1.807) is 0 Å². The average Bonchev–Trinajstić information content (AvgIpc) is 2.71. The number of rotatable bonds is 1. The van der Waals surface area contributed by atoms with E-state index >= 15 is 0 Å². The average molecular weight is 184 g/mol. The van der Waals surface area contributed by atoms with Crippen molar-refractivity contribution >= 4 is 5.91 Å². The third kappa shape index (κ3) is 2.00. The summed E-state index contributed by atoms with van der Waals surface area (Å²) in [5.74, 6) is 0.220. The zero-order chi connectivity index (χ0) is 9.10. The summed E-state index contributed by atoms with van der Waals surface area (Å²) in [6.45, 7) is 3.91. The number of carbonyl (C=O) groups excluding carboxylic acids is 1. The molecule has 74 valence electrons. The first kappa shape index (κ1) is 8.97. The summed E-state index contributed by atoms with van der Waals surface area (Å²) in [4.78, 5) is 13.7. The third-order valence-electron chi connectivity index (χ3n) is 2.64. The van der Waals surface area contributed by atoms with Crippen molar-refractivity contribution in [1.82, 2.24) is 10.2 Å². The van der Waals surface area contributed by atoms with Crippen molar-refractivity contribution in [3.63, 3.8) is 0 Å². The van der Waals surface area contributed by atoms with Gasteiger partial charge in [0.25, 0.3) is 0 Å². The Hall–Kier alpha value is -0.610. The van der Waals surface area contributed by atoms with Gasteiger partial charge in [-0.1, -0.05) is 0 Å². The largest absolute Gasteiger partial charge is 0.378 e. The predicted octanol–water partition coefficient (Wildman–Crippen LogP) is -0.403. The molecule has 4 nitrogen and oxygen atoms in total. The van der Waals surface area contributed by atoms with E-state index in [2.05, 4.69) is 5.32 Å². The first-order valence-electron chi connectivity index (χ1n) is 4.98. The molecule has 0 spiro atoms. The molecule has 4 heteroatoms. The molecule has 1 N–H and O–H groups in total. The lowest BCUT2D eigenvalue weighted by Gasteiger charge is -2.27. The van der Waals surface area contributed by atoms with E-state index < -0.39 is 0 Å². The number of nitrogens with zero attached hydrogens (tertiary/aromatic N) is 1. The third-order valence-corrected chi connectivity index (χ3v) is 2.64. The maximum absolute atomic E-state index is 11.8. The van der Waals surface area contributed by atoms with E-state index in [-0.39, 0.29) is 11.9 Å². The molecule has 2 fully saturated rings. The fraction of sp³-hybridized carbons (Fsp3) is 0.889. The predicted molar refractivity (Wildman–Crippen MR) is 48.4 cm³/mol. The summed E-state index contributed by atoms with van der Waals surface area (Å²) < 4.78 is 5.25. The Labute approximate surface area is 78.2 Å². The van der Waals surface area contributed by atoms with Crippen LogP contribution in [0.2, 0.25) is 0 Å². The summed E-state index contributed by atoms with van der Waals surface area (Å²) in [5.41, 5.74) is 0. The second-order valence-electron chi connectivity index (χ2n) is 3.61. The van der Waals surface area contributed by atoms with Gasteiger partial charge in [-0.3, -0.25) is 4.79 Å². The molecular weight excluding hydrogens is 168 g/mol. The van der Waals surface area contributed by atoms with Gasteiger partial charge in [0.2, 0.25) is 5.91 Å². The van der Waals surface area contributed by atoms with E-state index in [1.807, 2.05) is 4.90 Å². The van der Waals surface area contributed by atoms with Crippen LogP contribution in [0.3, 0.4) is 0 Å². The van der Waals surface area contributed by atoms with Gasteiger partial charge < -0.3 is 15.0 Å². The molecule has 0 aromatic carbocycles. The number of ether oxygens (including phenoxy) is 1. The lowest BCUT2D eigenvalue weighted by Crippen LogP contribution is -2.51. The Bertz CT molecular complexity index is 184. The minimum absolute atomic E-state index is 0.0909. The van der Waals surface area contributed by atoms with E-state index in [9.17, 15) is 4.79 Å². The summed E-state index contributed by atoms with van der Waals surface area (Å²) in [7, 11) is 0. The molecule has 2 aliphatic rings. The Morgan fingerprint density at radius 3 is 2.77 bits per heavy atom. The monoisotopic (exact) mass is 184 g/mol. The molecule has 0 aliphatic carbocycles. The maximum Gasteiger partial charge on any atom is 0.242 e. The van der Waals surface area contributed by atoms with Gasteiger partial charge in [-0.15, -0.1) is 0 Å². The Morgan fingerprint density at radius 1 is 1.38 bits per heavy atom. The van der Waals surface area contributed by atoms with E-state index in [0.29, 0.717) is 6.61 Å². The normalized spacial score (nSPS) is 29.2. The molecule has 2 saturated heterocycles. The smallest absolute Gasteiger partial charge is 0.242 e. The Balaban J connectivity index is 1.87. The quantitative estimate of drug-likeness (QED) is 0.603. The molecule has 0 radical (unpaired) electrons. The summed E-state index contributed by atoms with van der Waals surface area (Å²) in [6.07, 6.45) is 2.30. The van der Waals surface area contributed by atoms with Crippen LogP contribution >= 0.6 is 0 Å². The second kappa shape index (κ2) is 4.07. The molecule has 13 heavy (non-hydrogen) atoms. The van der Waals surface area contributed by atoms with Gasteiger partial charge in [0.05, 0.1) is 13.2 Å². The molecule has 2 aliphatic heterocycles. The van der Waals surface area contributed by atoms with Crippen LogP contribution in [0.25, 0.3) is 0 Å². The van der Waals surface area contributed by atoms with E-state index in [4.69, 9.17) is 4.74 Å². The Kier molecular flexibility index (Phi) is 2.80. The number of morpholine rings is 1. The van der Waals surface area contributed by atoms with Crippen molar-refractivity contribution in [2.24, 2.45) is 0 Å². The number of likely N-dealkylation sites (tertiary alicyclic amines) is 1. The standard InChI is InChI=1S/C9H16N2O2/c12-9(11-4-1-2-5-11)8-7-13-6-3-10-8/h8,10H,1-7H2/t8-/m1/s1. The lowest BCUT2D eigenvalue weighted by molar-refractivity contribution is -0.135. The zero-order valence-electron chi connectivity index (χ0n) is 7.79. The minimum Gasteiger partial charge on any atom is -0.378 e. The molecule has 0 aromatic heterocycles. The molecule has 2 rings (SSSR count). The number of hydrogen-bond acceptors (Lipinski definition) is 3. The van der Waals surface area contributed by atoms with Crippen LogP contribution < -0.4 is 5.32 Å². The summed E-state index contributed by atoms with van der Waals surface area (Å²) in [5, 5.41) is 3.18. The van der Waals surface area contributed by atoms with Gasteiger partial charge in [-0.2, -0.15) is 0 Å².